The third-order valence-electron chi connectivity index (χ3n) is 2.16. The Morgan fingerprint density at radius 1 is 1.36 bits per heavy atom. The Balaban J connectivity index is 1.94. The van der Waals surface area contributed by atoms with E-state index in [1.807, 2.05) is 26.0 Å². The second-order valence-corrected chi connectivity index (χ2v) is 3.97. The lowest BCUT2D eigenvalue weighted by Gasteiger charge is -2.09. The van der Waals surface area contributed by atoms with E-state index in [-0.39, 0.29) is 6.10 Å². The largest absolute Gasteiger partial charge is 0.491 e. The molecule has 0 amide bonds. The first-order chi connectivity index (χ1) is 6.74. The molecule has 0 saturated carbocycles. The van der Waals surface area contributed by atoms with Gasteiger partial charge in [-0.1, -0.05) is 12.1 Å². The maximum atomic E-state index is 5.56. The van der Waals surface area contributed by atoms with Gasteiger partial charge in [-0.15, -0.1) is 0 Å². The van der Waals surface area contributed by atoms with Crippen molar-refractivity contribution in [2.45, 2.75) is 32.5 Å². The van der Waals surface area contributed by atoms with E-state index in [4.69, 9.17) is 9.47 Å². The Labute approximate surface area is 84.8 Å². The predicted octanol–water partition coefficient (Wildman–Crippen LogP) is 2.42. The lowest BCUT2D eigenvalue weighted by atomic mass is 10.1. The number of hydrogen-bond donors (Lipinski definition) is 0. The van der Waals surface area contributed by atoms with E-state index in [9.17, 15) is 0 Å². The summed E-state index contributed by atoms with van der Waals surface area (Å²) in [6.45, 7) is 4.99. The quantitative estimate of drug-likeness (QED) is 0.683. The van der Waals surface area contributed by atoms with Crippen LogP contribution in [0.25, 0.3) is 0 Å². The first kappa shape index (κ1) is 9.53. The van der Waals surface area contributed by atoms with Crippen LogP contribution in [-0.2, 0) is 11.2 Å². The highest BCUT2D eigenvalue weighted by Crippen LogP contribution is 2.19. The molecule has 1 atom stereocenters. The van der Waals surface area contributed by atoms with Crippen molar-refractivity contribution in [3.05, 3.63) is 29.8 Å². The van der Waals surface area contributed by atoms with Gasteiger partial charge >= 0.3 is 0 Å². The van der Waals surface area contributed by atoms with Crippen molar-refractivity contribution in [2.24, 2.45) is 0 Å². The van der Waals surface area contributed by atoms with Gasteiger partial charge in [-0.2, -0.15) is 0 Å². The molecule has 1 fully saturated rings. The van der Waals surface area contributed by atoms with E-state index >= 15 is 0 Å². The van der Waals surface area contributed by atoms with E-state index in [0.29, 0.717) is 6.10 Å². The zero-order chi connectivity index (χ0) is 9.97. The van der Waals surface area contributed by atoms with Gasteiger partial charge in [-0.3, -0.25) is 0 Å². The summed E-state index contributed by atoms with van der Waals surface area (Å²) in [6, 6.07) is 8.27. The van der Waals surface area contributed by atoms with Crippen LogP contribution < -0.4 is 4.74 Å². The minimum Gasteiger partial charge on any atom is -0.491 e. The summed E-state index contributed by atoms with van der Waals surface area (Å²) in [7, 11) is 0. The standard InChI is InChI=1S/C12H16O2/c1-9(2)14-11-5-3-10(4-6-11)7-12-8-13-12/h3-6,9,12H,7-8H2,1-2H3. The Morgan fingerprint density at radius 2 is 2.00 bits per heavy atom. The molecule has 76 valence electrons. The van der Waals surface area contributed by atoms with E-state index in [2.05, 4.69) is 12.1 Å². The third-order valence-corrected chi connectivity index (χ3v) is 2.16. The minimum absolute atomic E-state index is 0.243. The maximum Gasteiger partial charge on any atom is 0.119 e. The second kappa shape index (κ2) is 4.01. The van der Waals surface area contributed by atoms with Gasteiger partial charge in [-0.25, -0.2) is 0 Å². The van der Waals surface area contributed by atoms with Crippen molar-refractivity contribution >= 4 is 0 Å². The third kappa shape index (κ3) is 2.74. The van der Waals surface area contributed by atoms with Gasteiger partial charge in [0, 0.05) is 6.42 Å². The summed E-state index contributed by atoms with van der Waals surface area (Å²) in [5.41, 5.74) is 1.32. The average Bonchev–Trinajstić information content (AvgIpc) is 2.91. The molecule has 14 heavy (non-hydrogen) atoms. The van der Waals surface area contributed by atoms with Gasteiger partial charge in [-0.05, 0) is 31.5 Å². The van der Waals surface area contributed by atoms with Crippen LogP contribution in [0.1, 0.15) is 19.4 Å². The molecule has 0 radical (unpaired) electrons. The number of rotatable bonds is 4. The number of ether oxygens (including phenoxy) is 2. The van der Waals surface area contributed by atoms with Crippen LogP contribution >= 0.6 is 0 Å². The topological polar surface area (TPSA) is 21.8 Å². The second-order valence-electron chi connectivity index (χ2n) is 3.97. The molecule has 0 aliphatic carbocycles. The van der Waals surface area contributed by atoms with Crippen molar-refractivity contribution in [3.63, 3.8) is 0 Å². The predicted molar refractivity (Wildman–Crippen MR) is 55.7 cm³/mol. The molecule has 0 bridgehead atoms. The lowest BCUT2D eigenvalue weighted by molar-refractivity contribution is 0.242. The Bertz CT molecular complexity index is 263. The fourth-order valence-electron chi connectivity index (χ4n) is 1.43. The van der Waals surface area contributed by atoms with Crippen LogP contribution in [0.4, 0.5) is 0 Å². The highest BCUT2D eigenvalue weighted by atomic mass is 16.6. The van der Waals surface area contributed by atoms with Gasteiger partial charge < -0.3 is 9.47 Å². The SMILES string of the molecule is CC(C)Oc1ccc(CC2CO2)cc1. The summed E-state index contributed by atoms with van der Waals surface area (Å²) in [4.78, 5) is 0. The molecular formula is C12H16O2. The molecule has 1 aromatic carbocycles. The van der Waals surface area contributed by atoms with Crippen LogP contribution in [0.3, 0.4) is 0 Å². The summed E-state index contributed by atoms with van der Waals surface area (Å²) in [5.74, 6) is 0.945. The molecule has 0 spiro atoms. The Kier molecular flexibility index (Phi) is 2.73. The first-order valence-corrected chi connectivity index (χ1v) is 5.11. The maximum absolute atomic E-state index is 5.56. The molecule has 1 aromatic rings. The molecule has 1 aliphatic heterocycles. The van der Waals surface area contributed by atoms with Crippen LogP contribution in [0.2, 0.25) is 0 Å². The average molecular weight is 192 g/mol. The molecule has 0 aromatic heterocycles. The van der Waals surface area contributed by atoms with Gasteiger partial charge in [0.05, 0.1) is 18.8 Å². The fraction of sp³-hybridized carbons (Fsp3) is 0.500. The summed E-state index contributed by atoms with van der Waals surface area (Å²) < 4.78 is 10.7. The highest BCUT2D eigenvalue weighted by Gasteiger charge is 2.22. The monoisotopic (exact) mass is 192 g/mol. The number of epoxide rings is 1. The first-order valence-electron chi connectivity index (χ1n) is 5.11. The zero-order valence-electron chi connectivity index (χ0n) is 8.69. The normalized spacial score (nSPS) is 19.8. The molecule has 0 N–H and O–H groups in total. The Morgan fingerprint density at radius 3 is 2.50 bits per heavy atom. The summed E-state index contributed by atoms with van der Waals surface area (Å²) >= 11 is 0. The molecule has 1 saturated heterocycles. The van der Waals surface area contributed by atoms with E-state index in [1.54, 1.807) is 0 Å². The van der Waals surface area contributed by atoms with Gasteiger partial charge in [0.2, 0.25) is 0 Å². The van der Waals surface area contributed by atoms with Crippen molar-refractivity contribution in [3.8, 4) is 5.75 Å². The van der Waals surface area contributed by atoms with E-state index in [1.165, 1.54) is 5.56 Å². The molecule has 1 heterocycles. The van der Waals surface area contributed by atoms with Gasteiger partial charge in [0.25, 0.3) is 0 Å². The zero-order valence-corrected chi connectivity index (χ0v) is 8.69. The smallest absolute Gasteiger partial charge is 0.119 e. The van der Waals surface area contributed by atoms with Crippen LogP contribution in [0, 0.1) is 0 Å². The summed E-state index contributed by atoms with van der Waals surface area (Å²) in [5, 5.41) is 0. The van der Waals surface area contributed by atoms with E-state index < -0.39 is 0 Å². The minimum atomic E-state index is 0.243. The summed E-state index contributed by atoms with van der Waals surface area (Å²) in [6.07, 6.45) is 1.74. The molecule has 2 heteroatoms. The molecule has 2 nitrogen and oxygen atoms in total. The highest BCUT2D eigenvalue weighted by molar-refractivity contribution is 5.28. The van der Waals surface area contributed by atoms with Crippen molar-refractivity contribution in [2.75, 3.05) is 6.61 Å². The van der Waals surface area contributed by atoms with Gasteiger partial charge in [0.15, 0.2) is 0 Å². The van der Waals surface area contributed by atoms with Crippen LogP contribution in [-0.4, -0.2) is 18.8 Å². The number of hydrogen-bond acceptors (Lipinski definition) is 2. The lowest BCUT2D eigenvalue weighted by Crippen LogP contribution is -2.05. The van der Waals surface area contributed by atoms with E-state index in [0.717, 1.165) is 18.8 Å². The molecule has 2 rings (SSSR count). The van der Waals surface area contributed by atoms with Crippen molar-refractivity contribution < 1.29 is 9.47 Å². The molecule has 1 unspecified atom stereocenters. The number of benzene rings is 1. The fourth-order valence-corrected chi connectivity index (χ4v) is 1.43. The van der Waals surface area contributed by atoms with Gasteiger partial charge in [0.1, 0.15) is 5.75 Å². The molecule has 1 aliphatic rings. The molecular weight excluding hydrogens is 176 g/mol. The Hall–Kier alpha value is -1.02. The van der Waals surface area contributed by atoms with Crippen molar-refractivity contribution in [1.82, 2.24) is 0 Å². The van der Waals surface area contributed by atoms with Crippen LogP contribution in [0.5, 0.6) is 5.75 Å². The van der Waals surface area contributed by atoms with Crippen molar-refractivity contribution in [1.29, 1.82) is 0 Å². The van der Waals surface area contributed by atoms with Crippen LogP contribution in [0.15, 0.2) is 24.3 Å².